The average molecular weight is 298 g/mol. The van der Waals surface area contributed by atoms with Gasteiger partial charge in [-0.15, -0.1) is 0 Å². The van der Waals surface area contributed by atoms with E-state index in [1.807, 2.05) is 0 Å². The van der Waals surface area contributed by atoms with Gasteiger partial charge in [0, 0.05) is 6.04 Å². The van der Waals surface area contributed by atoms with Gasteiger partial charge in [0.25, 0.3) is 0 Å². The van der Waals surface area contributed by atoms with Crippen LogP contribution in [0.4, 0.5) is 0 Å². The summed E-state index contributed by atoms with van der Waals surface area (Å²) in [4.78, 5) is 0. The molecule has 1 rings (SSSR count). The summed E-state index contributed by atoms with van der Waals surface area (Å²) in [6.45, 7) is 12.7. The molecule has 0 aromatic heterocycles. The molecule has 0 bridgehead atoms. The van der Waals surface area contributed by atoms with E-state index in [0.717, 1.165) is 12.5 Å². The van der Waals surface area contributed by atoms with Crippen LogP contribution in [0.3, 0.4) is 0 Å². The van der Waals surface area contributed by atoms with Gasteiger partial charge in [0.1, 0.15) is 0 Å². The molecule has 1 aliphatic carbocycles. The summed E-state index contributed by atoms with van der Waals surface area (Å²) in [5.41, 5.74) is 0. The monoisotopic (exact) mass is 297 g/mol. The standard InChI is InChI=1S/C19H39NO/c1-6-8-9-10-11-17(5)21-19-16(4)13-15(3)14-18(19)20-12-7-2/h15-20H,6-14H2,1-5H3. The van der Waals surface area contributed by atoms with Gasteiger partial charge in [-0.2, -0.15) is 0 Å². The van der Waals surface area contributed by atoms with E-state index in [-0.39, 0.29) is 0 Å². The van der Waals surface area contributed by atoms with E-state index in [4.69, 9.17) is 4.74 Å². The van der Waals surface area contributed by atoms with Crippen molar-refractivity contribution in [2.24, 2.45) is 11.8 Å². The molecule has 5 atom stereocenters. The fourth-order valence-electron chi connectivity index (χ4n) is 3.78. The number of rotatable bonds is 10. The second-order valence-electron chi connectivity index (χ2n) is 7.38. The molecule has 0 heterocycles. The van der Waals surface area contributed by atoms with Crippen LogP contribution in [0, 0.1) is 11.8 Å². The van der Waals surface area contributed by atoms with Gasteiger partial charge in [0.05, 0.1) is 12.2 Å². The minimum atomic E-state index is 0.411. The topological polar surface area (TPSA) is 21.3 Å². The Bertz CT molecular complexity index is 256. The van der Waals surface area contributed by atoms with E-state index in [2.05, 4.69) is 39.9 Å². The van der Waals surface area contributed by atoms with Crippen molar-refractivity contribution in [3.63, 3.8) is 0 Å². The number of unbranched alkanes of at least 4 members (excludes halogenated alkanes) is 3. The Morgan fingerprint density at radius 1 is 1.05 bits per heavy atom. The van der Waals surface area contributed by atoms with Crippen molar-refractivity contribution in [3.05, 3.63) is 0 Å². The third-order valence-corrected chi connectivity index (χ3v) is 4.90. The van der Waals surface area contributed by atoms with Gasteiger partial charge in [-0.1, -0.05) is 53.4 Å². The lowest BCUT2D eigenvalue weighted by atomic mass is 9.78. The highest BCUT2D eigenvalue weighted by atomic mass is 16.5. The van der Waals surface area contributed by atoms with Crippen LogP contribution in [0.2, 0.25) is 0 Å². The molecule has 0 radical (unpaired) electrons. The van der Waals surface area contributed by atoms with Gasteiger partial charge in [0.15, 0.2) is 0 Å². The minimum Gasteiger partial charge on any atom is -0.373 e. The molecule has 0 saturated heterocycles. The molecule has 1 aliphatic rings. The van der Waals surface area contributed by atoms with Gasteiger partial charge in [-0.3, -0.25) is 0 Å². The molecule has 0 amide bonds. The lowest BCUT2D eigenvalue weighted by Crippen LogP contribution is -2.50. The zero-order chi connectivity index (χ0) is 15.7. The molecule has 126 valence electrons. The summed E-state index contributed by atoms with van der Waals surface area (Å²) >= 11 is 0. The highest BCUT2D eigenvalue weighted by Crippen LogP contribution is 2.32. The zero-order valence-electron chi connectivity index (χ0n) is 15.2. The second-order valence-corrected chi connectivity index (χ2v) is 7.38. The molecular formula is C19H39NO. The summed E-state index contributed by atoms with van der Waals surface area (Å²) in [6, 6.07) is 0.557. The Labute approximate surface area is 133 Å². The van der Waals surface area contributed by atoms with Gasteiger partial charge >= 0.3 is 0 Å². The number of hydrogen-bond donors (Lipinski definition) is 1. The largest absolute Gasteiger partial charge is 0.373 e. The third-order valence-electron chi connectivity index (χ3n) is 4.90. The molecule has 1 N–H and O–H groups in total. The molecule has 2 heteroatoms. The van der Waals surface area contributed by atoms with Crippen LogP contribution in [-0.2, 0) is 4.74 Å². The van der Waals surface area contributed by atoms with Gasteiger partial charge < -0.3 is 10.1 Å². The van der Waals surface area contributed by atoms with E-state index in [1.165, 1.54) is 51.4 Å². The maximum absolute atomic E-state index is 6.48. The Morgan fingerprint density at radius 3 is 2.48 bits per heavy atom. The lowest BCUT2D eigenvalue weighted by molar-refractivity contribution is -0.0763. The maximum atomic E-state index is 6.48. The highest BCUT2D eigenvalue weighted by Gasteiger charge is 2.35. The fraction of sp³-hybridized carbons (Fsp3) is 1.00. The smallest absolute Gasteiger partial charge is 0.0757 e. The Hall–Kier alpha value is -0.0800. The van der Waals surface area contributed by atoms with E-state index in [9.17, 15) is 0 Å². The van der Waals surface area contributed by atoms with E-state index < -0.39 is 0 Å². The SMILES string of the molecule is CCCCCCC(C)OC1C(C)CC(C)CC1NCCC. The molecule has 0 aliphatic heterocycles. The van der Waals surface area contributed by atoms with Crippen molar-refractivity contribution in [3.8, 4) is 0 Å². The number of nitrogens with one attached hydrogen (secondary N) is 1. The van der Waals surface area contributed by atoms with Crippen LogP contribution in [-0.4, -0.2) is 24.8 Å². The molecule has 21 heavy (non-hydrogen) atoms. The molecule has 1 saturated carbocycles. The first-order chi connectivity index (χ1) is 10.1. The molecular weight excluding hydrogens is 258 g/mol. The Kier molecular flexibility index (Phi) is 9.59. The maximum Gasteiger partial charge on any atom is 0.0757 e. The molecule has 0 aromatic carbocycles. The van der Waals surface area contributed by atoms with Crippen LogP contribution in [0.1, 0.15) is 86.0 Å². The summed E-state index contributed by atoms with van der Waals surface area (Å²) in [5, 5.41) is 3.74. The van der Waals surface area contributed by atoms with Crippen molar-refractivity contribution in [2.75, 3.05) is 6.54 Å². The first-order valence-electron chi connectivity index (χ1n) is 9.47. The first kappa shape index (κ1) is 19.0. The zero-order valence-corrected chi connectivity index (χ0v) is 15.2. The molecule has 1 fully saturated rings. The molecule has 0 spiro atoms. The van der Waals surface area contributed by atoms with Crippen LogP contribution in [0.5, 0.6) is 0 Å². The summed E-state index contributed by atoms with van der Waals surface area (Å²) < 4.78 is 6.48. The van der Waals surface area contributed by atoms with Gasteiger partial charge in [-0.25, -0.2) is 0 Å². The summed E-state index contributed by atoms with van der Waals surface area (Å²) in [6.07, 6.45) is 11.2. The van der Waals surface area contributed by atoms with Crippen LogP contribution < -0.4 is 5.32 Å². The predicted molar refractivity (Wildman–Crippen MR) is 92.7 cm³/mol. The molecule has 0 aromatic rings. The number of ether oxygens (including phenoxy) is 1. The van der Waals surface area contributed by atoms with E-state index in [1.54, 1.807) is 0 Å². The van der Waals surface area contributed by atoms with Crippen LogP contribution in [0.25, 0.3) is 0 Å². The van der Waals surface area contributed by atoms with E-state index in [0.29, 0.717) is 24.2 Å². The summed E-state index contributed by atoms with van der Waals surface area (Å²) in [5.74, 6) is 1.51. The predicted octanol–water partition coefficient (Wildman–Crippen LogP) is 5.16. The Balaban J connectivity index is 2.42. The second kappa shape index (κ2) is 10.6. The first-order valence-corrected chi connectivity index (χ1v) is 9.47. The Morgan fingerprint density at radius 2 is 1.81 bits per heavy atom. The minimum absolute atomic E-state index is 0.411. The van der Waals surface area contributed by atoms with Crippen molar-refractivity contribution >= 4 is 0 Å². The van der Waals surface area contributed by atoms with Crippen molar-refractivity contribution in [2.45, 2.75) is 104 Å². The van der Waals surface area contributed by atoms with E-state index >= 15 is 0 Å². The van der Waals surface area contributed by atoms with Gasteiger partial charge in [-0.05, 0) is 51.0 Å². The van der Waals surface area contributed by atoms with Crippen molar-refractivity contribution < 1.29 is 4.74 Å². The van der Waals surface area contributed by atoms with Gasteiger partial charge in [0.2, 0.25) is 0 Å². The molecule has 5 unspecified atom stereocenters. The number of hydrogen-bond acceptors (Lipinski definition) is 2. The van der Waals surface area contributed by atoms with Crippen LogP contribution >= 0.6 is 0 Å². The third kappa shape index (κ3) is 7.15. The normalized spacial score (nSPS) is 31.3. The fourth-order valence-corrected chi connectivity index (χ4v) is 3.78. The average Bonchev–Trinajstić information content (AvgIpc) is 2.44. The van der Waals surface area contributed by atoms with Crippen molar-refractivity contribution in [1.29, 1.82) is 0 Å². The lowest BCUT2D eigenvalue weighted by Gasteiger charge is -2.41. The van der Waals surface area contributed by atoms with Crippen molar-refractivity contribution in [1.82, 2.24) is 5.32 Å². The highest BCUT2D eigenvalue weighted by molar-refractivity contribution is 4.89. The van der Waals surface area contributed by atoms with Crippen LogP contribution in [0.15, 0.2) is 0 Å². The summed E-state index contributed by atoms with van der Waals surface area (Å²) in [7, 11) is 0. The quantitative estimate of drug-likeness (QED) is 0.562. The molecule has 2 nitrogen and oxygen atoms in total.